The Hall–Kier alpha value is -1.83. The van der Waals surface area contributed by atoms with Crippen molar-refractivity contribution in [1.29, 1.82) is 0 Å². The summed E-state index contributed by atoms with van der Waals surface area (Å²) < 4.78 is 4.75. The summed E-state index contributed by atoms with van der Waals surface area (Å²) >= 11 is 0. The van der Waals surface area contributed by atoms with E-state index in [1.165, 1.54) is 12.7 Å². The Morgan fingerprint density at radius 2 is 1.89 bits per heavy atom. The van der Waals surface area contributed by atoms with Crippen molar-refractivity contribution in [2.75, 3.05) is 7.11 Å². The molecule has 0 aliphatic heterocycles. The second-order valence-corrected chi connectivity index (χ2v) is 5.48. The highest BCUT2D eigenvalue weighted by atomic mass is 16.5. The summed E-state index contributed by atoms with van der Waals surface area (Å²) in [5, 5.41) is 0. The van der Waals surface area contributed by atoms with Crippen LogP contribution < -0.4 is 0 Å². The molecular formula is C16H18O2. The molecule has 0 saturated heterocycles. The molecule has 1 aliphatic rings. The Balaban J connectivity index is 2.57. The second kappa shape index (κ2) is 4.45. The summed E-state index contributed by atoms with van der Waals surface area (Å²) in [4.78, 5) is 11.5. The lowest BCUT2D eigenvalue weighted by molar-refractivity contribution is -0.134. The largest absolute Gasteiger partial charge is 0.466 e. The zero-order valence-corrected chi connectivity index (χ0v) is 11.3. The van der Waals surface area contributed by atoms with Gasteiger partial charge in [-0.05, 0) is 33.8 Å². The summed E-state index contributed by atoms with van der Waals surface area (Å²) in [5.74, 6) is -0.308. The first kappa shape index (κ1) is 12.6. The average Bonchev–Trinajstić information content (AvgIpc) is 2.68. The predicted octanol–water partition coefficient (Wildman–Crippen LogP) is 3.69. The first-order valence-electron chi connectivity index (χ1n) is 6.05. The van der Waals surface area contributed by atoms with E-state index < -0.39 is 0 Å². The second-order valence-electron chi connectivity index (χ2n) is 5.48. The molecule has 1 aliphatic carbocycles. The van der Waals surface area contributed by atoms with Gasteiger partial charge in [0.15, 0.2) is 0 Å². The molecule has 0 aromatic heterocycles. The number of allylic oxidation sites excluding steroid dienone is 2. The van der Waals surface area contributed by atoms with E-state index in [2.05, 4.69) is 32.9 Å². The number of fused-ring (bicyclic) bond motifs is 1. The van der Waals surface area contributed by atoms with Crippen molar-refractivity contribution < 1.29 is 9.53 Å². The van der Waals surface area contributed by atoms with Crippen LogP contribution in [0.15, 0.2) is 35.9 Å². The molecule has 0 radical (unpaired) electrons. The zero-order chi connectivity index (χ0) is 13.3. The Morgan fingerprint density at radius 3 is 2.50 bits per heavy atom. The van der Waals surface area contributed by atoms with E-state index in [1.54, 1.807) is 6.08 Å². The molecule has 0 saturated carbocycles. The van der Waals surface area contributed by atoms with E-state index in [1.807, 2.05) is 18.2 Å². The molecule has 94 valence electrons. The Labute approximate surface area is 108 Å². The highest BCUT2D eigenvalue weighted by Crippen LogP contribution is 2.44. The summed E-state index contributed by atoms with van der Waals surface area (Å²) in [6.07, 6.45) is 3.74. The number of methoxy groups -OCH3 is 1. The van der Waals surface area contributed by atoms with Crippen molar-refractivity contribution in [2.24, 2.45) is 5.41 Å². The third-order valence-electron chi connectivity index (χ3n) is 3.11. The molecule has 0 N–H and O–H groups in total. The van der Waals surface area contributed by atoms with E-state index in [-0.39, 0.29) is 11.4 Å². The monoisotopic (exact) mass is 242 g/mol. The zero-order valence-electron chi connectivity index (χ0n) is 11.3. The minimum atomic E-state index is -0.308. The van der Waals surface area contributed by atoms with Gasteiger partial charge < -0.3 is 4.74 Å². The molecule has 2 heteroatoms. The standard InChI is InChI=1S/C16H18O2/c1-16(2,3)14-9-11-7-5-6-8-12(11)13(14)10-15(17)18-4/h5-10H,1-4H3/b13-10-. The SMILES string of the molecule is COC(=O)/C=C1\C(C(C)(C)C)=Cc2ccccc21. The van der Waals surface area contributed by atoms with E-state index in [0.717, 1.165) is 16.7 Å². The minimum Gasteiger partial charge on any atom is -0.466 e. The van der Waals surface area contributed by atoms with Crippen molar-refractivity contribution in [2.45, 2.75) is 20.8 Å². The molecular weight excluding hydrogens is 224 g/mol. The number of ether oxygens (including phenoxy) is 1. The maximum Gasteiger partial charge on any atom is 0.331 e. The van der Waals surface area contributed by atoms with Gasteiger partial charge in [0.25, 0.3) is 0 Å². The molecule has 1 aromatic rings. The average molecular weight is 242 g/mol. The first-order chi connectivity index (χ1) is 8.43. The molecule has 0 amide bonds. The van der Waals surface area contributed by atoms with E-state index in [4.69, 9.17) is 4.74 Å². The van der Waals surface area contributed by atoms with E-state index >= 15 is 0 Å². The topological polar surface area (TPSA) is 26.3 Å². The van der Waals surface area contributed by atoms with Crippen LogP contribution >= 0.6 is 0 Å². The predicted molar refractivity (Wildman–Crippen MR) is 73.9 cm³/mol. The van der Waals surface area contributed by atoms with Gasteiger partial charge in [-0.15, -0.1) is 0 Å². The number of benzene rings is 1. The van der Waals surface area contributed by atoms with Crippen molar-refractivity contribution >= 4 is 17.6 Å². The number of hydrogen-bond acceptors (Lipinski definition) is 2. The van der Waals surface area contributed by atoms with Gasteiger partial charge in [-0.3, -0.25) is 0 Å². The lowest BCUT2D eigenvalue weighted by Gasteiger charge is -2.22. The van der Waals surface area contributed by atoms with Crippen LogP contribution in [0.2, 0.25) is 0 Å². The Morgan fingerprint density at radius 1 is 1.22 bits per heavy atom. The molecule has 0 fully saturated rings. The van der Waals surface area contributed by atoms with Crippen molar-refractivity contribution in [1.82, 2.24) is 0 Å². The summed E-state index contributed by atoms with van der Waals surface area (Å²) in [6.45, 7) is 6.45. The van der Waals surface area contributed by atoms with Gasteiger partial charge in [0.1, 0.15) is 0 Å². The molecule has 0 heterocycles. The summed E-state index contributed by atoms with van der Waals surface area (Å²) in [6, 6.07) is 8.11. The van der Waals surface area contributed by atoms with Gasteiger partial charge in [-0.25, -0.2) is 4.79 Å². The molecule has 0 bridgehead atoms. The normalized spacial score (nSPS) is 16.4. The number of carbonyl (C=O) groups excluding carboxylic acids is 1. The van der Waals surface area contributed by atoms with Crippen LogP contribution in [0.3, 0.4) is 0 Å². The van der Waals surface area contributed by atoms with Gasteiger partial charge in [-0.1, -0.05) is 45.0 Å². The van der Waals surface area contributed by atoms with Crippen molar-refractivity contribution in [3.8, 4) is 0 Å². The molecule has 2 rings (SSSR count). The van der Waals surface area contributed by atoms with Crippen LogP contribution in [-0.2, 0) is 9.53 Å². The van der Waals surface area contributed by atoms with Gasteiger partial charge in [0, 0.05) is 6.08 Å². The van der Waals surface area contributed by atoms with Crippen LogP contribution in [0.25, 0.3) is 11.6 Å². The molecule has 1 aromatic carbocycles. The fraction of sp³-hybridized carbons (Fsp3) is 0.312. The van der Waals surface area contributed by atoms with E-state index in [0.29, 0.717) is 0 Å². The minimum absolute atomic E-state index is 0.00112. The molecule has 2 nitrogen and oxygen atoms in total. The Kier molecular flexibility index (Phi) is 3.12. The molecule has 0 unspecified atom stereocenters. The van der Waals surface area contributed by atoms with Crippen molar-refractivity contribution in [3.05, 3.63) is 47.0 Å². The lowest BCUT2D eigenvalue weighted by Crippen LogP contribution is -2.10. The van der Waals surface area contributed by atoms with E-state index in [9.17, 15) is 4.79 Å². The van der Waals surface area contributed by atoms with Crippen LogP contribution in [0.5, 0.6) is 0 Å². The number of rotatable bonds is 1. The van der Waals surface area contributed by atoms with Crippen LogP contribution in [-0.4, -0.2) is 13.1 Å². The van der Waals surface area contributed by atoms with Gasteiger partial charge in [0.2, 0.25) is 0 Å². The molecule has 0 atom stereocenters. The summed E-state index contributed by atoms with van der Waals surface area (Å²) in [5.41, 5.74) is 4.42. The van der Waals surface area contributed by atoms with Gasteiger partial charge in [-0.2, -0.15) is 0 Å². The number of carbonyl (C=O) groups is 1. The lowest BCUT2D eigenvalue weighted by atomic mass is 9.82. The van der Waals surface area contributed by atoms with Crippen molar-refractivity contribution in [3.63, 3.8) is 0 Å². The third kappa shape index (κ3) is 2.23. The van der Waals surface area contributed by atoms with Crippen LogP contribution in [0.4, 0.5) is 0 Å². The quantitative estimate of drug-likeness (QED) is 0.554. The first-order valence-corrected chi connectivity index (χ1v) is 6.05. The maximum absolute atomic E-state index is 11.5. The third-order valence-corrected chi connectivity index (χ3v) is 3.11. The smallest absolute Gasteiger partial charge is 0.331 e. The molecule has 18 heavy (non-hydrogen) atoms. The number of hydrogen-bond donors (Lipinski definition) is 0. The maximum atomic E-state index is 11.5. The fourth-order valence-electron chi connectivity index (χ4n) is 2.20. The number of esters is 1. The van der Waals surface area contributed by atoms with Crippen LogP contribution in [0, 0.1) is 5.41 Å². The molecule has 0 spiro atoms. The van der Waals surface area contributed by atoms with Gasteiger partial charge in [0.05, 0.1) is 7.11 Å². The van der Waals surface area contributed by atoms with Crippen LogP contribution in [0.1, 0.15) is 31.9 Å². The Bertz CT molecular complexity index is 542. The highest BCUT2D eigenvalue weighted by Gasteiger charge is 2.27. The fourth-order valence-corrected chi connectivity index (χ4v) is 2.20. The van der Waals surface area contributed by atoms with Gasteiger partial charge >= 0.3 is 5.97 Å². The summed E-state index contributed by atoms with van der Waals surface area (Å²) in [7, 11) is 1.40. The highest BCUT2D eigenvalue weighted by molar-refractivity contribution is 6.03.